The van der Waals surface area contributed by atoms with Crippen molar-refractivity contribution in [2.75, 3.05) is 5.32 Å². The zero-order chi connectivity index (χ0) is 18.0. The fraction of sp³-hybridized carbons (Fsp3) is 0.0526. The van der Waals surface area contributed by atoms with Crippen LogP contribution >= 0.6 is 23.2 Å². The molecule has 0 spiro atoms. The lowest BCUT2D eigenvalue weighted by Gasteiger charge is -2.07. The summed E-state index contributed by atoms with van der Waals surface area (Å²) in [5, 5.41) is 3.34. The number of anilines is 1. The van der Waals surface area contributed by atoms with Crippen molar-refractivity contribution in [3.05, 3.63) is 86.1 Å². The minimum Gasteiger partial charge on any atom is -0.322 e. The van der Waals surface area contributed by atoms with Crippen LogP contribution in [-0.2, 0) is 0 Å². The molecule has 1 amide bonds. The first-order valence-electron chi connectivity index (χ1n) is 7.51. The van der Waals surface area contributed by atoms with E-state index in [2.05, 4.69) is 10.3 Å². The molecule has 0 aliphatic heterocycles. The van der Waals surface area contributed by atoms with Gasteiger partial charge >= 0.3 is 0 Å². The zero-order valence-electron chi connectivity index (χ0n) is 13.3. The summed E-state index contributed by atoms with van der Waals surface area (Å²) in [5.41, 5.74) is 2.66. The Morgan fingerprint density at radius 1 is 0.960 bits per heavy atom. The number of halogens is 2. The molecule has 1 aromatic heterocycles. The van der Waals surface area contributed by atoms with Crippen LogP contribution in [0.5, 0.6) is 0 Å². The maximum Gasteiger partial charge on any atom is 0.261 e. The number of rotatable bonds is 3. The predicted octanol–water partition coefficient (Wildman–Crippen LogP) is 4.91. The van der Waals surface area contributed by atoms with Gasteiger partial charge < -0.3 is 10.3 Å². The Morgan fingerprint density at radius 3 is 2.32 bits per heavy atom. The third-order valence-corrected chi connectivity index (χ3v) is 4.43. The molecule has 0 radical (unpaired) electrons. The monoisotopic (exact) mass is 372 g/mol. The Labute approximate surface area is 154 Å². The fourth-order valence-corrected chi connectivity index (χ4v) is 2.62. The van der Waals surface area contributed by atoms with Crippen LogP contribution in [-0.4, -0.2) is 10.9 Å². The van der Waals surface area contributed by atoms with Gasteiger partial charge in [-0.15, -0.1) is 0 Å². The van der Waals surface area contributed by atoms with Crippen molar-refractivity contribution in [2.45, 2.75) is 6.92 Å². The van der Waals surface area contributed by atoms with Gasteiger partial charge in [-0.3, -0.25) is 9.59 Å². The van der Waals surface area contributed by atoms with E-state index in [9.17, 15) is 9.59 Å². The Balaban J connectivity index is 1.85. The number of hydrogen-bond acceptors (Lipinski definition) is 2. The van der Waals surface area contributed by atoms with E-state index in [1.165, 1.54) is 12.1 Å². The predicted molar refractivity (Wildman–Crippen MR) is 102 cm³/mol. The van der Waals surface area contributed by atoms with Crippen LogP contribution in [0.15, 0.2) is 59.4 Å². The normalized spacial score (nSPS) is 10.5. The second-order valence-corrected chi connectivity index (χ2v) is 6.38. The standard InChI is InChI=1S/C19H14Cl2N2O2/c1-11-2-4-12(5-3-11)17-9-7-14(19(25)23-17)18(24)22-13-6-8-15(20)16(21)10-13/h2-10H,1H3,(H,22,24)(H,23,25). The Hall–Kier alpha value is -2.56. The number of H-pyrrole nitrogens is 1. The van der Waals surface area contributed by atoms with Crippen molar-refractivity contribution >= 4 is 34.8 Å². The number of benzene rings is 2. The van der Waals surface area contributed by atoms with Gasteiger partial charge in [-0.05, 0) is 42.8 Å². The summed E-state index contributed by atoms with van der Waals surface area (Å²) in [6.07, 6.45) is 0. The molecule has 2 N–H and O–H groups in total. The number of hydrogen-bond donors (Lipinski definition) is 2. The van der Waals surface area contributed by atoms with Crippen LogP contribution in [0.3, 0.4) is 0 Å². The van der Waals surface area contributed by atoms with Crippen LogP contribution in [0.2, 0.25) is 10.0 Å². The molecule has 0 aliphatic carbocycles. The van der Waals surface area contributed by atoms with Crippen molar-refractivity contribution in [1.82, 2.24) is 4.98 Å². The molecule has 0 bridgehead atoms. The lowest BCUT2D eigenvalue weighted by atomic mass is 10.1. The highest BCUT2D eigenvalue weighted by atomic mass is 35.5. The van der Waals surface area contributed by atoms with Gasteiger partial charge in [0.05, 0.1) is 10.0 Å². The van der Waals surface area contributed by atoms with E-state index in [0.717, 1.165) is 11.1 Å². The minimum atomic E-state index is -0.518. The first kappa shape index (κ1) is 17.3. The first-order valence-corrected chi connectivity index (χ1v) is 8.26. The second-order valence-electron chi connectivity index (χ2n) is 5.56. The number of aromatic amines is 1. The lowest BCUT2D eigenvalue weighted by molar-refractivity contribution is 0.102. The molecule has 126 valence electrons. The van der Waals surface area contributed by atoms with Crippen molar-refractivity contribution in [3.63, 3.8) is 0 Å². The topological polar surface area (TPSA) is 62.0 Å². The molecule has 0 saturated carbocycles. The number of aryl methyl sites for hydroxylation is 1. The molecule has 0 fully saturated rings. The van der Waals surface area contributed by atoms with Crippen LogP contribution in [0.1, 0.15) is 15.9 Å². The molecule has 6 heteroatoms. The van der Waals surface area contributed by atoms with Crippen LogP contribution in [0.25, 0.3) is 11.3 Å². The highest BCUT2D eigenvalue weighted by molar-refractivity contribution is 6.42. The molecular formula is C19H14Cl2N2O2. The number of nitrogens with one attached hydrogen (secondary N) is 2. The highest BCUT2D eigenvalue weighted by Gasteiger charge is 2.12. The number of carbonyl (C=O) groups excluding carboxylic acids is 1. The van der Waals surface area contributed by atoms with Crippen LogP contribution in [0.4, 0.5) is 5.69 Å². The third kappa shape index (κ3) is 3.92. The maximum absolute atomic E-state index is 12.3. The fourth-order valence-electron chi connectivity index (χ4n) is 2.33. The van der Waals surface area contributed by atoms with Gasteiger partial charge in [0.15, 0.2) is 0 Å². The van der Waals surface area contributed by atoms with Gasteiger partial charge in [0.1, 0.15) is 5.56 Å². The molecule has 0 atom stereocenters. The van der Waals surface area contributed by atoms with Crippen LogP contribution < -0.4 is 10.9 Å². The van der Waals surface area contributed by atoms with E-state index < -0.39 is 11.5 Å². The van der Waals surface area contributed by atoms with Crippen molar-refractivity contribution in [3.8, 4) is 11.3 Å². The van der Waals surface area contributed by atoms with Gasteiger partial charge in [-0.25, -0.2) is 0 Å². The molecule has 2 aromatic carbocycles. The van der Waals surface area contributed by atoms with E-state index in [1.54, 1.807) is 18.2 Å². The van der Waals surface area contributed by atoms with E-state index >= 15 is 0 Å². The highest BCUT2D eigenvalue weighted by Crippen LogP contribution is 2.25. The SMILES string of the molecule is Cc1ccc(-c2ccc(C(=O)Nc3ccc(Cl)c(Cl)c3)c(=O)[nH]2)cc1. The van der Waals surface area contributed by atoms with Crippen molar-refractivity contribution < 1.29 is 4.79 Å². The zero-order valence-corrected chi connectivity index (χ0v) is 14.8. The third-order valence-electron chi connectivity index (χ3n) is 3.69. The Bertz CT molecular complexity index is 995. The molecule has 0 aliphatic rings. The van der Waals surface area contributed by atoms with E-state index in [1.807, 2.05) is 31.2 Å². The molecule has 0 unspecified atom stereocenters. The van der Waals surface area contributed by atoms with E-state index in [4.69, 9.17) is 23.2 Å². The number of aromatic nitrogens is 1. The summed E-state index contributed by atoms with van der Waals surface area (Å²) in [7, 11) is 0. The summed E-state index contributed by atoms with van der Waals surface area (Å²) in [5.74, 6) is -0.518. The number of amides is 1. The summed E-state index contributed by atoms with van der Waals surface area (Å²) in [6.45, 7) is 1.99. The molecule has 3 rings (SSSR count). The molecule has 4 nitrogen and oxygen atoms in total. The number of carbonyl (C=O) groups is 1. The summed E-state index contributed by atoms with van der Waals surface area (Å²) >= 11 is 11.8. The molecule has 3 aromatic rings. The molecule has 0 saturated heterocycles. The van der Waals surface area contributed by atoms with E-state index in [0.29, 0.717) is 21.4 Å². The van der Waals surface area contributed by atoms with E-state index in [-0.39, 0.29) is 5.56 Å². The largest absolute Gasteiger partial charge is 0.322 e. The number of pyridine rings is 1. The average molecular weight is 373 g/mol. The Kier molecular flexibility index (Phi) is 4.93. The smallest absolute Gasteiger partial charge is 0.261 e. The molecule has 1 heterocycles. The second kappa shape index (κ2) is 7.13. The summed E-state index contributed by atoms with van der Waals surface area (Å²) in [6, 6.07) is 15.7. The van der Waals surface area contributed by atoms with Gasteiger partial charge in [0.25, 0.3) is 11.5 Å². The minimum absolute atomic E-state index is 0.0157. The summed E-state index contributed by atoms with van der Waals surface area (Å²) < 4.78 is 0. The average Bonchev–Trinajstić information content (AvgIpc) is 2.58. The van der Waals surface area contributed by atoms with Gasteiger partial charge in [0, 0.05) is 11.4 Å². The van der Waals surface area contributed by atoms with Crippen molar-refractivity contribution in [2.24, 2.45) is 0 Å². The Morgan fingerprint density at radius 2 is 1.68 bits per heavy atom. The first-order chi connectivity index (χ1) is 11.9. The molecular weight excluding hydrogens is 359 g/mol. The molecule has 25 heavy (non-hydrogen) atoms. The van der Waals surface area contributed by atoms with Crippen molar-refractivity contribution in [1.29, 1.82) is 0 Å². The summed E-state index contributed by atoms with van der Waals surface area (Å²) in [4.78, 5) is 27.3. The maximum atomic E-state index is 12.3. The lowest BCUT2D eigenvalue weighted by Crippen LogP contribution is -2.23. The van der Waals surface area contributed by atoms with Crippen LogP contribution in [0, 0.1) is 6.92 Å². The van der Waals surface area contributed by atoms with Gasteiger partial charge in [-0.2, -0.15) is 0 Å². The van der Waals surface area contributed by atoms with Gasteiger partial charge in [0.2, 0.25) is 0 Å². The van der Waals surface area contributed by atoms with Gasteiger partial charge in [-0.1, -0.05) is 53.0 Å². The quantitative estimate of drug-likeness (QED) is 0.685.